The third-order valence-corrected chi connectivity index (χ3v) is 3.30. The summed E-state index contributed by atoms with van der Waals surface area (Å²) in [5.41, 5.74) is 5.95. The summed E-state index contributed by atoms with van der Waals surface area (Å²) in [5.74, 6) is -1.43. The van der Waals surface area contributed by atoms with Crippen LogP contribution in [0.15, 0.2) is 34.9 Å². The Labute approximate surface area is 116 Å². The molecule has 0 fully saturated rings. The monoisotopic (exact) mass is 332 g/mol. The van der Waals surface area contributed by atoms with Crippen LogP contribution in [0.1, 0.15) is 17.3 Å². The number of hydrogen-bond acceptors (Lipinski definition) is 2. The van der Waals surface area contributed by atoms with Crippen molar-refractivity contribution >= 4 is 27.5 Å². The predicted molar refractivity (Wildman–Crippen MR) is 69.3 cm³/mol. The Morgan fingerprint density at radius 1 is 1.22 bits per heavy atom. The zero-order valence-corrected chi connectivity index (χ0v) is 11.3. The second kappa shape index (κ2) is 5.30. The van der Waals surface area contributed by atoms with Crippen molar-refractivity contribution in [2.24, 2.45) is 5.73 Å². The molecule has 0 saturated carbocycles. The van der Waals surface area contributed by atoms with Gasteiger partial charge in [-0.05, 0) is 40.2 Å². The van der Waals surface area contributed by atoms with Gasteiger partial charge in [0.1, 0.15) is 11.6 Å². The molecule has 0 bridgehead atoms. The number of benzene rings is 1. The molecule has 18 heavy (non-hydrogen) atoms. The second-order valence-corrected chi connectivity index (χ2v) is 4.93. The SMILES string of the molecule is NC(c1ccc(Cl)cn1)c1c(F)ccc(Br)c1F. The minimum atomic E-state index is -0.986. The van der Waals surface area contributed by atoms with E-state index in [0.29, 0.717) is 10.7 Å². The molecule has 1 aromatic carbocycles. The van der Waals surface area contributed by atoms with Crippen molar-refractivity contribution in [1.29, 1.82) is 0 Å². The molecular formula is C12H8BrClF2N2. The fourth-order valence-corrected chi connectivity index (χ4v) is 2.00. The average Bonchev–Trinajstić information content (AvgIpc) is 2.35. The summed E-state index contributed by atoms with van der Waals surface area (Å²) in [6.07, 6.45) is 1.38. The average molecular weight is 334 g/mol. The van der Waals surface area contributed by atoms with E-state index in [1.807, 2.05) is 0 Å². The molecule has 2 rings (SSSR count). The molecule has 1 atom stereocenters. The van der Waals surface area contributed by atoms with Gasteiger partial charge in [-0.25, -0.2) is 8.78 Å². The highest BCUT2D eigenvalue weighted by Gasteiger charge is 2.21. The molecule has 1 aromatic heterocycles. The number of hydrogen-bond donors (Lipinski definition) is 1. The molecular weight excluding hydrogens is 325 g/mol. The summed E-state index contributed by atoms with van der Waals surface area (Å²) in [4.78, 5) is 3.96. The van der Waals surface area contributed by atoms with Crippen LogP contribution in [0.3, 0.4) is 0 Å². The van der Waals surface area contributed by atoms with Crippen molar-refractivity contribution in [3.63, 3.8) is 0 Å². The van der Waals surface area contributed by atoms with Crippen LogP contribution < -0.4 is 5.73 Å². The summed E-state index contributed by atoms with van der Waals surface area (Å²) in [5, 5.41) is 0.432. The molecule has 2 nitrogen and oxygen atoms in total. The molecule has 1 unspecified atom stereocenters. The predicted octanol–water partition coefficient (Wildman–Crippen LogP) is 3.82. The molecule has 2 aromatic rings. The molecule has 0 spiro atoms. The maximum atomic E-state index is 13.9. The van der Waals surface area contributed by atoms with Crippen LogP contribution in [-0.4, -0.2) is 4.98 Å². The Balaban J connectivity index is 2.49. The Morgan fingerprint density at radius 2 is 1.94 bits per heavy atom. The molecule has 1 heterocycles. The van der Waals surface area contributed by atoms with E-state index in [2.05, 4.69) is 20.9 Å². The first-order valence-electron chi connectivity index (χ1n) is 5.01. The third-order valence-electron chi connectivity index (χ3n) is 2.46. The Morgan fingerprint density at radius 3 is 2.56 bits per heavy atom. The van der Waals surface area contributed by atoms with Crippen LogP contribution in [-0.2, 0) is 0 Å². The van der Waals surface area contributed by atoms with Crippen molar-refractivity contribution in [1.82, 2.24) is 4.98 Å². The van der Waals surface area contributed by atoms with E-state index in [4.69, 9.17) is 17.3 Å². The molecule has 0 amide bonds. The van der Waals surface area contributed by atoms with Gasteiger partial charge in [0.15, 0.2) is 0 Å². The standard InChI is InChI=1S/C12H8BrClF2N2/c13-7-2-3-8(15)10(11(7)16)12(17)9-4-1-6(14)5-18-9/h1-5,12H,17H2. The van der Waals surface area contributed by atoms with Crippen LogP contribution in [0.4, 0.5) is 8.78 Å². The van der Waals surface area contributed by atoms with Gasteiger partial charge >= 0.3 is 0 Å². The molecule has 6 heteroatoms. The highest BCUT2D eigenvalue weighted by Crippen LogP contribution is 2.28. The fraction of sp³-hybridized carbons (Fsp3) is 0.0833. The molecule has 0 aliphatic rings. The van der Waals surface area contributed by atoms with E-state index in [-0.39, 0.29) is 10.0 Å². The van der Waals surface area contributed by atoms with Crippen LogP contribution in [0.2, 0.25) is 5.02 Å². The van der Waals surface area contributed by atoms with Gasteiger partial charge < -0.3 is 5.73 Å². The first-order valence-corrected chi connectivity index (χ1v) is 6.18. The van der Waals surface area contributed by atoms with Crippen LogP contribution >= 0.6 is 27.5 Å². The van der Waals surface area contributed by atoms with Gasteiger partial charge in [-0.3, -0.25) is 4.98 Å². The maximum Gasteiger partial charge on any atom is 0.145 e. The molecule has 0 aliphatic carbocycles. The first kappa shape index (κ1) is 13.4. The lowest BCUT2D eigenvalue weighted by molar-refractivity contribution is 0.537. The van der Waals surface area contributed by atoms with Gasteiger partial charge in [-0.15, -0.1) is 0 Å². The Bertz CT molecular complexity index is 575. The fourth-order valence-electron chi connectivity index (χ4n) is 1.55. The van der Waals surface area contributed by atoms with E-state index >= 15 is 0 Å². The summed E-state index contributed by atoms with van der Waals surface area (Å²) in [6, 6.07) is 4.55. The summed E-state index contributed by atoms with van der Waals surface area (Å²) in [6.45, 7) is 0. The Hall–Kier alpha value is -1.04. The highest BCUT2D eigenvalue weighted by atomic mass is 79.9. The molecule has 0 radical (unpaired) electrons. The largest absolute Gasteiger partial charge is 0.319 e. The van der Waals surface area contributed by atoms with Gasteiger partial charge in [0.05, 0.1) is 21.2 Å². The van der Waals surface area contributed by atoms with E-state index in [0.717, 1.165) is 6.07 Å². The van der Waals surface area contributed by atoms with E-state index in [9.17, 15) is 8.78 Å². The smallest absolute Gasteiger partial charge is 0.145 e. The highest BCUT2D eigenvalue weighted by molar-refractivity contribution is 9.10. The normalized spacial score (nSPS) is 12.5. The molecule has 2 N–H and O–H groups in total. The summed E-state index contributed by atoms with van der Waals surface area (Å²) < 4.78 is 27.7. The van der Waals surface area contributed by atoms with E-state index < -0.39 is 17.7 Å². The second-order valence-electron chi connectivity index (χ2n) is 3.64. The van der Waals surface area contributed by atoms with Crippen LogP contribution in [0.25, 0.3) is 0 Å². The number of rotatable bonds is 2. The topological polar surface area (TPSA) is 38.9 Å². The number of aromatic nitrogens is 1. The quantitative estimate of drug-likeness (QED) is 0.849. The van der Waals surface area contributed by atoms with Gasteiger partial charge in [-0.1, -0.05) is 11.6 Å². The van der Waals surface area contributed by atoms with Gasteiger partial charge in [0.2, 0.25) is 0 Å². The van der Waals surface area contributed by atoms with E-state index in [1.165, 1.54) is 18.3 Å². The lowest BCUT2D eigenvalue weighted by Crippen LogP contribution is -2.17. The number of halogens is 4. The minimum absolute atomic E-state index is 0.156. The minimum Gasteiger partial charge on any atom is -0.319 e. The zero-order valence-electron chi connectivity index (χ0n) is 9.00. The van der Waals surface area contributed by atoms with Gasteiger partial charge in [0, 0.05) is 11.8 Å². The van der Waals surface area contributed by atoms with Gasteiger partial charge in [-0.2, -0.15) is 0 Å². The van der Waals surface area contributed by atoms with Crippen LogP contribution in [0.5, 0.6) is 0 Å². The first-order chi connectivity index (χ1) is 8.50. The van der Waals surface area contributed by atoms with Crippen molar-refractivity contribution in [2.45, 2.75) is 6.04 Å². The third kappa shape index (κ3) is 2.53. The lowest BCUT2D eigenvalue weighted by atomic mass is 10.0. The number of nitrogens with zero attached hydrogens (tertiary/aromatic N) is 1. The zero-order chi connectivity index (χ0) is 13.3. The van der Waals surface area contributed by atoms with Crippen LogP contribution in [0, 0.1) is 11.6 Å². The summed E-state index contributed by atoms with van der Waals surface area (Å²) >= 11 is 8.69. The molecule has 0 aliphatic heterocycles. The maximum absolute atomic E-state index is 13.9. The van der Waals surface area contributed by atoms with Crippen molar-refractivity contribution in [2.75, 3.05) is 0 Å². The lowest BCUT2D eigenvalue weighted by Gasteiger charge is -2.14. The number of pyridine rings is 1. The Kier molecular flexibility index (Phi) is 3.94. The molecule has 0 saturated heterocycles. The van der Waals surface area contributed by atoms with Gasteiger partial charge in [0.25, 0.3) is 0 Å². The van der Waals surface area contributed by atoms with Crippen molar-refractivity contribution < 1.29 is 8.78 Å². The van der Waals surface area contributed by atoms with Crippen molar-refractivity contribution in [3.05, 3.63) is 62.8 Å². The number of nitrogens with two attached hydrogens (primary N) is 1. The molecule has 94 valence electrons. The van der Waals surface area contributed by atoms with Crippen molar-refractivity contribution in [3.8, 4) is 0 Å². The summed E-state index contributed by atoms with van der Waals surface area (Å²) in [7, 11) is 0. The van der Waals surface area contributed by atoms with E-state index in [1.54, 1.807) is 6.07 Å².